The second kappa shape index (κ2) is 3.84. The Morgan fingerprint density at radius 2 is 2.21 bits per heavy atom. The molecule has 0 saturated carbocycles. The van der Waals surface area contributed by atoms with Crippen LogP contribution in [0.1, 0.15) is 17.9 Å². The summed E-state index contributed by atoms with van der Waals surface area (Å²) in [5, 5.41) is 9.37. The van der Waals surface area contributed by atoms with E-state index in [9.17, 15) is 5.11 Å². The highest BCUT2D eigenvalue weighted by Crippen LogP contribution is 2.30. The number of rotatable bonds is 2. The molecule has 0 aromatic heterocycles. The van der Waals surface area contributed by atoms with Gasteiger partial charge in [-0.25, -0.2) is 0 Å². The molecule has 74 valence electrons. The van der Waals surface area contributed by atoms with E-state index in [0.29, 0.717) is 5.92 Å². The molecule has 2 rings (SSSR count). The molecular formula is C12H14O2. The predicted molar refractivity (Wildman–Crippen MR) is 55.5 cm³/mol. The Hall–Kier alpha value is -1.28. The average Bonchev–Trinajstić information content (AvgIpc) is 2.65. The van der Waals surface area contributed by atoms with Gasteiger partial charge in [0, 0.05) is 5.92 Å². The Bertz CT molecular complexity index is 344. The van der Waals surface area contributed by atoms with Crippen LogP contribution >= 0.6 is 0 Å². The minimum atomic E-state index is -0.286. The van der Waals surface area contributed by atoms with Crippen molar-refractivity contribution in [2.24, 2.45) is 0 Å². The third-order valence-electron chi connectivity index (χ3n) is 2.58. The second-order valence-corrected chi connectivity index (χ2v) is 3.57. The Kier molecular flexibility index (Phi) is 2.55. The van der Waals surface area contributed by atoms with Crippen molar-refractivity contribution >= 4 is 0 Å². The summed E-state index contributed by atoms with van der Waals surface area (Å²) in [4.78, 5) is 0. The maximum absolute atomic E-state index is 9.37. The quantitative estimate of drug-likeness (QED) is 0.724. The van der Waals surface area contributed by atoms with Crippen molar-refractivity contribution in [1.29, 1.82) is 0 Å². The van der Waals surface area contributed by atoms with Crippen LogP contribution in [0.5, 0.6) is 5.75 Å². The largest absolute Gasteiger partial charge is 0.497 e. The van der Waals surface area contributed by atoms with E-state index in [1.54, 1.807) is 7.11 Å². The van der Waals surface area contributed by atoms with E-state index in [4.69, 9.17) is 4.74 Å². The molecule has 0 spiro atoms. The molecule has 0 saturated heterocycles. The molecular weight excluding hydrogens is 176 g/mol. The van der Waals surface area contributed by atoms with Crippen LogP contribution in [0.25, 0.3) is 0 Å². The summed E-state index contributed by atoms with van der Waals surface area (Å²) in [5.41, 5.74) is 1.21. The lowest BCUT2D eigenvalue weighted by atomic mass is 9.98. The molecule has 0 fully saturated rings. The molecule has 2 unspecified atom stereocenters. The van der Waals surface area contributed by atoms with Gasteiger partial charge in [-0.1, -0.05) is 24.3 Å². The van der Waals surface area contributed by atoms with Crippen LogP contribution < -0.4 is 4.74 Å². The molecule has 2 nitrogen and oxygen atoms in total. The van der Waals surface area contributed by atoms with E-state index in [2.05, 4.69) is 12.1 Å². The van der Waals surface area contributed by atoms with E-state index in [1.165, 1.54) is 5.56 Å². The topological polar surface area (TPSA) is 29.5 Å². The van der Waals surface area contributed by atoms with Gasteiger partial charge < -0.3 is 9.84 Å². The van der Waals surface area contributed by atoms with Gasteiger partial charge in [-0.05, 0) is 24.1 Å². The number of aliphatic hydroxyl groups excluding tert-OH is 1. The van der Waals surface area contributed by atoms with Gasteiger partial charge in [0.1, 0.15) is 5.75 Å². The highest BCUT2D eigenvalue weighted by atomic mass is 16.5. The Labute approximate surface area is 83.8 Å². The number of aliphatic hydroxyl groups is 1. The first-order chi connectivity index (χ1) is 6.79. The molecule has 2 heteroatoms. The molecule has 0 aliphatic heterocycles. The van der Waals surface area contributed by atoms with Crippen molar-refractivity contribution in [2.75, 3.05) is 7.11 Å². The number of ether oxygens (including phenoxy) is 1. The number of hydrogen-bond acceptors (Lipinski definition) is 2. The fraction of sp³-hybridized carbons (Fsp3) is 0.333. The van der Waals surface area contributed by atoms with Crippen LogP contribution in [0.2, 0.25) is 0 Å². The average molecular weight is 190 g/mol. The van der Waals surface area contributed by atoms with E-state index in [1.807, 2.05) is 24.3 Å². The minimum Gasteiger partial charge on any atom is -0.497 e. The molecule has 1 aliphatic rings. The summed E-state index contributed by atoms with van der Waals surface area (Å²) in [6.45, 7) is 0. The first kappa shape index (κ1) is 9.28. The lowest BCUT2D eigenvalue weighted by molar-refractivity contribution is 0.218. The van der Waals surface area contributed by atoms with Gasteiger partial charge in [-0.15, -0.1) is 0 Å². The zero-order valence-corrected chi connectivity index (χ0v) is 8.18. The van der Waals surface area contributed by atoms with Crippen LogP contribution in [-0.2, 0) is 0 Å². The smallest absolute Gasteiger partial charge is 0.119 e. The fourth-order valence-electron chi connectivity index (χ4n) is 1.80. The lowest BCUT2D eigenvalue weighted by Crippen LogP contribution is -2.00. The maximum Gasteiger partial charge on any atom is 0.119 e. The van der Waals surface area contributed by atoms with Gasteiger partial charge in [0.15, 0.2) is 0 Å². The summed E-state index contributed by atoms with van der Waals surface area (Å²) in [5.74, 6) is 1.21. The zero-order valence-electron chi connectivity index (χ0n) is 8.18. The minimum absolute atomic E-state index is 0.286. The SMILES string of the molecule is COc1cccc(C2C=CC(O)C2)c1. The second-order valence-electron chi connectivity index (χ2n) is 3.57. The van der Waals surface area contributed by atoms with Gasteiger partial charge in [0.25, 0.3) is 0 Å². The normalized spacial score (nSPS) is 25.3. The van der Waals surface area contributed by atoms with E-state index in [-0.39, 0.29) is 6.10 Å². The molecule has 1 aromatic carbocycles. The van der Waals surface area contributed by atoms with Crippen molar-refractivity contribution in [3.8, 4) is 5.75 Å². The van der Waals surface area contributed by atoms with Gasteiger partial charge >= 0.3 is 0 Å². The number of benzene rings is 1. The monoisotopic (exact) mass is 190 g/mol. The third-order valence-corrected chi connectivity index (χ3v) is 2.58. The summed E-state index contributed by atoms with van der Waals surface area (Å²) < 4.78 is 5.15. The van der Waals surface area contributed by atoms with Crippen LogP contribution in [0.15, 0.2) is 36.4 Å². The fourth-order valence-corrected chi connectivity index (χ4v) is 1.80. The molecule has 2 atom stereocenters. The Morgan fingerprint density at radius 3 is 2.86 bits per heavy atom. The molecule has 1 aliphatic carbocycles. The lowest BCUT2D eigenvalue weighted by Gasteiger charge is -2.10. The van der Waals surface area contributed by atoms with Crippen LogP contribution in [0.4, 0.5) is 0 Å². The molecule has 1 aromatic rings. The third kappa shape index (κ3) is 1.80. The molecule has 0 heterocycles. The first-order valence-corrected chi connectivity index (χ1v) is 4.80. The van der Waals surface area contributed by atoms with Crippen molar-refractivity contribution in [3.05, 3.63) is 42.0 Å². The van der Waals surface area contributed by atoms with E-state index in [0.717, 1.165) is 12.2 Å². The van der Waals surface area contributed by atoms with Crippen molar-refractivity contribution in [3.63, 3.8) is 0 Å². The highest BCUT2D eigenvalue weighted by Gasteiger charge is 2.18. The number of methoxy groups -OCH3 is 1. The maximum atomic E-state index is 9.37. The first-order valence-electron chi connectivity index (χ1n) is 4.80. The highest BCUT2D eigenvalue weighted by molar-refractivity contribution is 5.34. The van der Waals surface area contributed by atoms with Gasteiger partial charge in [0.05, 0.1) is 13.2 Å². The standard InChI is InChI=1S/C12H14O2/c1-14-12-4-2-3-9(8-12)10-5-6-11(13)7-10/h2-6,8,10-11,13H,7H2,1H3. The Morgan fingerprint density at radius 1 is 1.36 bits per heavy atom. The molecule has 1 N–H and O–H groups in total. The zero-order chi connectivity index (χ0) is 9.97. The van der Waals surface area contributed by atoms with Crippen LogP contribution in [-0.4, -0.2) is 18.3 Å². The van der Waals surface area contributed by atoms with E-state index >= 15 is 0 Å². The van der Waals surface area contributed by atoms with Crippen molar-refractivity contribution in [2.45, 2.75) is 18.4 Å². The molecule has 0 amide bonds. The molecule has 0 bridgehead atoms. The van der Waals surface area contributed by atoms with Gasteiger partial charge in [0.2, 0.25) is 0 Å². The van der Waals surface area contributed by atoms with E-state index < -0.39 is 0 Å². The van der Waals surface area contributed by atoms with Gasteiger partial charge in [-0.3, -0.25) is 0 Å². The summed E-state index contributed by atoms with van der Waals surface area (Å²) in [7, 11) is 1.67. The van der Waals surface area contributed by atoms with Gasteiger partial charge in [-0.2, -0.15) is 0 Å². The van der Waals surface area contributed by atoms with Crippen molar-refractivity contribution in [1.82, 2.24) is 0 Å². The predicted octanol–water partition coefficient (Wildman–Crippen LogP) is 2.10. The number of allylic oxidation sites excluding steroid dienone is 1. The molecule has 14 heavy (non-hydrogen) atoms. The summed E-state index contributed by atoms with van der Waals surface area (Å²) >= 11 is 0. The Balaban J connectivity index is 2.20. The van der Waals surface area contributed by atoms with Crippen molar-refractivity contribution < 1.29 is 9.84 Å². The molecule has 0 radical (unpaired) electrons. The summed E-state index contributed by atoms with van der Waals surface area (Å²) in [6, 6.07) is 7.99. The van der Waals surface area contributed by atoms with Crippen LogP contribution in [0, 0.1) is 0 Å². The summed E-state index contributed by atoms with van der Waals surface area (Å²) in [6.07, 6.45) is 4.41. The van der Waals surface area contributed by atoms with Crippen LogP contribution in [0.3, 0.4) is 0 Å². The number of hydrogen-bond donors (Lipinski definition) is 1.